The van der Waals surface area contributed by atoms with Crippen LogP contribution in [0.4, 0.5) is 0 Å². The van der Waals surface area contributed by atoms with Gasteiger partial charge in [0.15, 0.2) is 5.79 Å². The highest BCUT2D eigenvalue weighted by atomic mass is 16.8. The summed E-state index contributed by atoms with van der Waals surface area (Å²) < 4.78 is 43.6. The minimum absolute atomic E-state index is 0.0359. The Kier molecular flexibility index (Phi) is 14.4. The minimum atomic E-state index is -3.34. The van der Waals surface area contributed by atoms with Crippen LogP contribution in [-0.2, 0) is 67.2 Å². The lowest BCUT2D eigenvalue weighted by atomic mass is 9.74. The second-order valence-corrected chi connectivity index (χ2v) is 19.0. The van der Waals surface area contributed by atoms with Gasteiger partial charge in [0, 0.05) is 6.42 Å². The first-order valence-electron chi connectivity index (χ1n) is 20.8. The highest BCUT2D eigenvalue weighted by molar-refractivity contribution is 5.99. The van der Waals surface area contributed by atoms with Crippen molar-refractivity contribution in [3.05, 3.63) is 108 Å². The van der Waals surface area contributed by atoms with Gasteiger partial charge in [0.1, 0.15) is 29.0 Å². The Balaban J connectivity index is 1.61. The van der Waals surface area contributed by atoms with Crippen LogP contribution in [0.3, 0.4) is 0 Å². The lowest BCUT2D eigenvalue weighted by Gasteiger charge is -2.51. The predicted molar refractivity (Wildman–Crippen MR) is 223 cm³/mol. The van der Waals surface area contributed by atoms with Crippen molar-refractivity contribution in [2.45, 2.75) is 166 Å². The highest BCUT2D eigenvalue weighted by Gasteiger charge is 2.86. The third-order valence-corrected chi connectivity index (χ3v) is 10.4. The largest absolute Gasteiger partial charge is 0.458 e. The fraction of sp³-hybridized carbons (Fsp3) is 0.562. The summed E-state index contributed by atoms with van der Waals surface area (Å²) in [7, 11) is 0. The van der Waals surface area contributed by atoms with Crippen LogP contribution in [-0.4, -0.2) is 86.3 Å². The monoisotopic (exact) mass is 832 g/mol. The number of fused-ring (bicyclic) bond motifs is 2. The van der Waals surface area contributed by atoms with Gasteiger partial charge in [-0.2, -0.15) is 0 Å². The summed E-state index contributed by atoms with van der Waals surface area (Å²) in [5.74, 6) is -6.05. The molecule has 1 unspecified atom stereocenters. The van der Waals surface area contributed by atoms with Crippen LogP contribution in [0.1, 0.15) is 105 Å². The van der Waals surface area contributed by atoms with Gasteiger partial charge in [-0.25, -0.2) is 14.4 Å². The maximum atomic E-state index is 14.8. The molecule has 2 N–H and O–H groups in total. The van der Waals surface area contributed by atoms with E-state index in [9.17, 15) is 24.6 Å². The van der Waals surface area contributed by atoms with Gasteiger partial charge in [0.25, 0.3) is 0 Å². The average Bonchev–Trinajstić information content (AvgIpc) is 3.37. The number of benzene rings is 3. The van der Waals surface area contributed by atoms with Crippen molar-refractivity contribution in [1.82, 2.24) is 0 Å². The normalized spacial score (nSPS) is 26.5. The number of carbonyl (C=O) groups is 3. The van der Waals surface area contributed by atoms with Crippen molar-refractivity contribution >= 4 is 17.9 Å². The van der Waals surface area contributed by atoms with Gasteiger partial charge in [-0.3, -0.25) is 0 Å². The van der Waals surface area contributed by atoms with E-state index in [2.05, 4.69) is 19.1 Å². The molecule has 3 aromatic carbocycles. The predicted octanol–water partition coefficient (Wildman–Crippen LogP) is 7.19. The molecule has 2 aliphatic heterocycles. The summed E-state index contributed by atoms with van der Waals surface area (Å²) in [4.78, 5) is 43.7. The van der Waals surface area contributed by atoms with E-state index in [0.29, 0.717) is 25.0 Å². The molecule has 2 bridgehead atoms. The number of aliphatic hydroxyl groups excluding tert-OH is 1. The van der Waals surface area contributed by atoms with E-state index in [1.807, 2.05) is 78.9 Å². The highest BCUT2D eigenvalue weighted by Crippen LogP contribution is 2.57. The molecule has 12 nitrogen and oxygen atoms in total. The van der Waals surface area contributed by atoms with Crippen LogP contribution < -0.4 is 0 Å². The Labute approximate surface area is 354 Å². The Morgan fingerprint density at radius 3 is 1.70 bits per heavy atom. The summed E-state index contributed by atoms with van der Waals surface area (Å²) in [6.45, 7) is 16.6. The molecule has 3 aromatic rings. The molecule has 0 aromatic heterocycles. The molecule has 60 heavy (non-hydrogen) atoms. The lowest BCUT2D eigenvalue weighted by Crippen LogP contribution is -2.79. The van der Waals surface area contributed by atoms with Crippen LogP contribution >= 0.6 is 0 Å². The summed E-state index contributed by atoms with van der Waals surface area (Å²) in [5, 5.41) is 25.6. The minimum Gasteiger partial charge on any atom is -0.458 e. The fourth-order valence-corrected chi connectivity index (χ4v) is 7.79. The summed E-state index contributed by atoms with van der Waals surface area (Å²) in [6, 6.07) is 29.1. The summed E-state index contributed by atoms with van der Waals surface area (Å²) in [6.07, 6.45) is -4.85. The fourth-order valence-electron chi connectivity index (χ4n) is 7.79. The number of esters is 3. The molecule has 2 fully saturated rings. The maximum Gasteiger partial charge on any atom is 0.346 e. The zero-order valence-corrected chi connectivity index (χ0v) is 36.8. The number of ether oxygens (including phenoxy) is 7. The quantitative estimate of drug-likeness (QED) is 0.111. The summed E-state index contributed by atoms with van der Waals surface area (Å²) >= 11 is 0. The second kappa shape index (κ2) is 18.4. The van der Waals surface area contributed by atoms with Gasteiger partial charge < -0.3 is 43.4 Å². The van der Waals surface area contributed by atoms with Crippen LogP contribution in [0.5, 0.6) is 0 Å². The number of hydrogen-bond donors (Lipinski definition) is 2. The number of rotatable bonds is 16. The van der Waals surface area contributed by atoms with Gasteiger partial charge in [-0.1, -0.05) is 97.9 Å². The van der Waals surface area contributed by atoms with Crippen molar-refractivity contribution in [3.8, 4) is 0 Å². The summed E-state index contributed by atoms with van der Waals surface area (Å²) in [5.41, 5.74) is -7.09. The number of hydrogen-bond acceptors (Lipinski definition) is 12. The van der Waals surface area contributed by atoms with E-state index in [0.717, 1.165) is 17.5 Å². The van der Waals surface area contributed by atoms with Crippen molar-refractivity contribution < 1.29 is 57.8 Å². The Bertz CT molecular complexity index is 1880. The van der Waals surface area contributed by atoms with Gasteiger partial charge >= 0.3 is 17.9 Å². The molecule has 0 radical (unpaired) electrons. The standard InChI is InChI=1S/C48H64O12/c1-32(29-33-21-14-11-15-22-33)36(54-30-34-23-16-12-17-24-34)27-20-28-46-38(55-31-35-25-18-13-19-26-35)37(49)48(60-46,42(52)59-45(8,9)10)47(53,41(51)58-44(5,6)7)39(56-46)40(50)57-43(2,3)4/h11-19,21-26,32,36-39,49,53H,20,27-31H2,1-10H3/t32-,36-,37-,38-,39-,46+,47-,48?/m1/s1. The smallest absolute Gasteiger partial charge is 0.346 e. The number of carbonyl (C=O) groups excluding carboxylic acids is 3. The van der Waals surface area contributed by atoms with Crippen LogP contribution in [0, 0.1) is 5.92 Å². The maximum absolute atomic E-state index is 14.8. The van der Waals surface area contributed by atoms with E-state index in [1.54, 1.807) is 62.3 Å². The molecular weight excluding hydrogens is 769 g/mol. The van der Waals surface area contributed by atoms with E-state index >= 15 is 0 Å². The van der Waals surface area contributed by atoms with Gasteiger partial charge in [0.2, 0.25) is 17.3 Å². The van der Waals surface area contributed by atoms with E-state index in [4.69, 9.17) is 33.2 Å². The average molecular weight is 833 g/mol. The van der Waals surface area contributed by atoms with E-state index < -0.39 is 70.0 Å². The van der Waals surface area contributed by atoms with E-state index in [1.165, 1.54) is 0 Å². The molecule has 8 atom stereocenters. The Morgan fingerprint density at radius 1 is 0.700 bits per heavy atom. The number of aliphatic hydroxyl groups is 2. The third-order valence-electron chi connectivity index (χ3n) is 10.4. The molecule has 0 aliphatic carbocycles. The molecular formula is C48H64O12. The molecule has 328 valence electrons. The molecule has 0 amide bonds. The van der Waals surface area contributed by atoms with Crippen molar-refractivity contribution in [3.63, 3.8) is 0 Å². The zero-order chi connectivity index (χ0) is 44.1. The second-order valence-electron chi connectivity index (χ2n) is 19.0. The van der Waals surface area contributed by atoms with Crippen molar-refractivity contribution in [2.75, 3.05) is 0 Å². The molecule has 2 heterocycles. The SMILES string of the molecule is C[C@H](Cc1ccccc1)[C@@H](CCC[C@]12O[C@H](C(=O)OC(C)(C)C)[C@@](O)(C(=O)OC(C)(C)C)C(C(=O)OC(C)(C)C)(O1)[C@H](O)[C@H]2OCc1ccccc1)OCc1ccccc1. The first-order valence-corrected chi connectivity index (χ1v) is 20.8. The van der Waals surface area contributed by atoms with Gasteiger partial charge in [-0.05, 0) is 104 Å². The Morgan fingerprint density at radius 2 is 1.18 bits per heavy atom. The van der Waals surface area contributed by atoms with Crippen molar-refractivity contribution in [2.24, 2.45) is 5.92 Å². The zero-order valence-electron chi connectivity index (χ0n) is 36.8. The van der Waals surface area contributed by atoms with Crippen molar-refractivity contribution in [1.29, 1.82) is 0 Å². The van der Waals surface area contributed by atoms with Gasteiger partial charge in [0.05, 0.1) is 19.3 Å². The van der Waals surface area contributed by atoms with Crippen LogP contribution in [0.2, 0.25) is 0 Å². The molecule has 0 saturated carbocycles. The first kappa shape index (κ1) is 46.9. The van der Waals surface area contributed by atoms with Crippen LogP contribution in [0.25, 0.3) is 0 Å². The van der Waals surface area contributed by atoms with Gasteiger partial charge in [-0.15, -0.1) is 0 Å². The molecule has 2 aliphatic rings. The van der Waals surface area contributed by atoms with E-state index in [-0.39, 0.29) is 25.0 Å². The lowest BCUT2D eigenvalue weighted by molar-refractivity contribution is -0.380. The Hall–Kier alpha value is -4.17. The molecule has 5 rings (SSSR count). The molecule has 12 heteroatoms. The first-order chi connectivity index (χ1) is 28.0. The molecule has 2 saturated heterocycles. The third kappa shape index (κ3) is 10.8. The molecule has 0 spiro atoms. The topological polar surface area (TPSA) is 156 Å². The van der Waals surface area contributed by atoms with Crippen LogP contribution in [0.15, 0.2) is 91.0 Å².